The topological polar surface area (TPSA) is 99.1 Å². The second-order valence-corrected chi connectivity index (χ2v) is 6.21. The summed E-state index contributed by atoms with van der Waals surface area (Å²) in [5.41, 5.74) is 1.60. The van der Waals surface area contributed by atoms with E-state index in [-0.39, 0.29) is 12.0 Å². The molecule has 0 aliphatic heterocycles. The number of hydrogen-bond donors (Lipinski definition) is 1. The molecule has 0 atom stereocenters. The van der Waals surface area contributed by atoms with E-state index in [1.807, 2.05) is 0 Å². The Balaban J connectivity index is 2.03. The van der Waals surface area contributed by atoms with Gasteiger partial charge in [-0.05, 0) is 62.8 Å². The summed E-state index contributed by atoms with van der Waals surface area (Å²) in [6.07, 6.45) is 1.02. The summed E-state index contributed by atoms with van der Waals surface area (Å²) in [4.78, 5) is 34.6. The van der Waals surface area contributed by atoms with Gasteiger partial charge in [-0.1, -0.05) is 0 Å². The third-order valence-electron chi connectivity index (χ3n) is 4.35. The molecule has 1 aromatic carbocycles. The quantitative estimate of drug-likeness (QED) is 0.657. The predicted molar refractivity (Wildman–Crippen MR) is 87.7 cm³/mol. The molecule has 1 N–H and O–H groups in total. The van der Waals surface area contributed by atoms with Crippen LogP contribution < -0.4 is 4.74 Å². The number of benzene rings is 1. The fraction of sp³-hybridized carbons (Fsp3) is 0.500. The molecule has 0 aromatic heterocycles. The number of aliphatic carboxylic acids is 1. The highest BCUT2D eigenvalue weighted by molar-refractivity contribution is 5.90. The minimum absolute atomic E-state index is 0.269. The Kier molecular flexibility index (Phi) is 6.01. The van der Waals surface area contributed by atoms with Crippen molar-refractivity contribution in [3.8, 4) is 5.75 Å². The van der Waals surface area contributed by atoms with E-state index >= 15 is 0 Å². The molecule has 0 saturated heterocycles. The molecule has 0 radical (unpaired) electrons. The van der Waals surface area contributed by atoms with Crippen LogP contribution in [0.5, 0.6) is 5.75 Å². The summed E-state index contributed by atoms with van der Waals surface area (Å²) in [5.74, 6) is -1.26. The first-order chi connectivity index (χ1) is 11.8. The number of aryl methyl sites for hydroxylation is 2. The Morgan fingerprint density at radius 3 is 2.08 bits per heavy atom. The van der Waals surface area contributed by atoms with Gasteiger partial charge < -0.3 is 19.3 Å². The number of carbonyl (C=O) groups excluding carboxylic acids is 2. The van der Waals surface area contributed by atoms with E-state index in [0.29, 0.717) is 48.1 Å². The lowest BCUT2D eigenvalue weighted by Gasteiger charge is -2.26. The Hall–Kier alpha value is -2.57. The maximum Gasteiger partial charge on any atom is 0.513 e. The average Bonchev–Trinajstić information content (AvgIpc) is 2.58. The van der Waals surface area contributed by atoms with Crippen molar-refractivity contribution < 1.29 is 33.7 Å². The molecule has 7 nitrogen and oxygen atoms in total. The number of carbonyl (C=O) groups is 3. The van der Waals surface area contributed by atoms with Gasteiger partial charge in [0.05, 0.1) is 18.6 Å². The second-order valence-electron chi connectivity index (χ2n) is 6.21. The van der Waals surface area contributed by atoms with Crippen molar-refractivity contribution in [2.45, 2.75) is 45.6 Å². The number of esters is 1. The fourth-order valence-corrected chi connectivity index (χ4v) is 3.00. The van der Waals surface area contributed by atoms with Crippen LogP contribution in [-0.4, -0.2) is 36.4 Å². The van der Waals surface area contributed by atoms with Gasteiger partial charge in [0.15, 0.2) is 0 Å². The van der Waals surface area contributed by atoms with Gasteiger partial charge in [-0.2, -0.15) is 0 Å². The SMILES string of the molecule is COC(=O)Oc1c(C)cc(C(=O)OC2CCC(C(=O)O)CC2)cc1C. The summed E-state index contributed by atoms with van der Waals surface area (Å²) in [7, 11) is 1.22. The van der Waals surface area contributed by atoms with Crippen molar-refractivity contribution in [3.05, 3.63) is 28.8 Å². The van der Waals surface area contributed by atoms with Crippen LogP contribution in [0.25, 0.3) is 0 Å². The Bertz CT molecular complexity index is 649. The molecule has 0 heterocycles. The zero-order valence-electron chi connectivity index (χ0n) is 14.5. The van der Waals surface area contributed by atoms with Crippen molar-refractivity contribution in [1.29, 1.82) is 0 Å². The van der Waals surface area contributed by atoms with Gasteiger partial charge in [-0.25, -0.2) is 9.59 Å². The van der Waals surface area contributed by atoms with Crippen LogP contribution in [0.2, 0.25) is 0 Å². The van der Waals surface area contributed by atoms with Crippen LogP contribution in [0.4, 0.5) is 4.79 Å². The van der Waals surface area contributed by atoms with Crippen molar-refractivity contribution in [3.63, 3.8) is 0 Å². The molecule has 0 bridgehead atoms. The van der Waals surface area contributed by atoms with Gasteiger partial charge in [0.1, 0.15) is 11.9 Å². The molecule has 7 heteroatoms. The highest BCUT2D eigenvalue weighted by atomic mass is 16.7. The molecular weight excluding hydrogens is 328 g/mol. The van der Waals surface area contributed by atoms with Gasteiger partial charge in [0.25, 0.3) is 0 Å². The number of carboxylic acids is 1. The van der Waals surface area contributed by atoms with Gasteiger partial charge in [-0.15, -0.1) is 0 Å². The van der Waals surface area contributed by atoms with Crippen molar-refractivity contribution in [2.24, 2.45) is 5.92 Å². The van der Waals surface area contributed by atoms with E-state index < -0.39 is 18.1 Å². The molecule has 1 aliphatic carbocycles. The van der Waals surface area contributed by atoms with Crippen LogP contribution in [0.15, 0.2) is 12.1 Å². The Morgan fingerprint density at radius 2 is 1.60 bits per heavy atom. The van der Waals surface area contributed by atoms with Crippen LogP contribution in [0.1, 0.15) is 47.2 Å². The minimum atomic E-state index is -0.822. The number of methoxy groups -OCH3 is 1. The summed E-state index contributed by atoms with van der Waals surface area (Å²) >= 11 is 0. The average molecular weight is 350 g/mol. The van der Waals surface area contributed by atoms with Crippen LogP contribution in [-0.2, 0) is 14.3 Å². The molecular formula is C18H22O7. The lowest BCUT2D eigenvalue weighted by atomic mass is 9.87. The minimum Gasteiger partial charge on any atom is -0.481 e. The van der Waals surface area contributed by atoms with Crippen LogP contribution in [0.3, 0.4) is 0 Å². The first kappa shape index (κ1) is 18.8. The van der Waals surface area contributed by atoms with Gasteiger partial charge >= 0.3 is 18.1 Å². The van der Waals surface area contributed by atoms with Gasteiger partial charge in [0, 0.05) is 0 Å². The summed E-state index contributed by atoms with van der Waals surface area (Å²) in [6.45, 7) is 3.44. The number of ether oxygens (including phenoxy) is 3. The Morgan fingerprint density at radius 1 is 1.04 bits per heavy atom. The molecule has 2 rings (SSSR count). The molecule has 1 fully saturated rings. The lowest BCUT2D eigenvalue weighted by molar-refractivity contribution is -0.143. The zero-order chi connectivity index (χ0) is 18.6. The maximum atomic E-state index is 12.4. The maximum absolute atomic E-state index is 12.4. The predicted octanol–water partition coefficient (Wildman–Crippen LogP) is 3.25. The second kappa shape index (κ2) is 8.00. The number of rotatable bonds is 4. The van der Waals surface area contributed by atoms with Crippen LogP contribution >= 0.6 is 0 Å². The van der Waals surface area contributed by atoms with E-state index in [2.05, 4.69) is 4.74 Å². The summed E-state index contributed by atoms with van der Waals surface area (Å²) in [5, 5.41) is 9.00. The molecule has 136 valence electrons. The van der Waals surface area contributed by atoms with Gasteiger partial charge in [-0.3, -0.25) is 4.79 Å². The highest BCUT2D eigenvalue weighted by Crippen LogP contribution is 2.29. The summed E-state index contributed by atoms with van der Waals surface area (Å²) < 4.78 is 15.0. The van der Waals surface area contributed by atoms with Crippen molar-refractivity contribution >= 4 is 18.1 Å². The Labute approximate surface area is 145 Å². The number of carboxylic acid groups (broad SMARTS) is 1. The molecule has 0 spiro atoms. The smallest absolute Gasteiger partial charge is 0.481 e. The van der Waals surface area contributed by atoms with E-state index in [4.69, 9.17) is 14.6 Å². The third kappa shape index (κ3) is 4.71. The van der Waals surface area contributed by atoms with Crippen LogP contribution in [0, 0.1) is 19.8 Å². The first-order valence-electron chi connectivity index (χ1n) is 8.12. The van der Waals surface area contributed by atoms with E-state index in [9.17, 15) is 14.4 Å². The molecule has 0 amide bonds. The van der Waals surface area contributed by atoms with E-state index in [0.717, 1.165) is 0 Å². The normalized spacial score (nSPS) is 19.8. The first-order valence-corrected chi connectivity index (χ1v) is 8.12. The molecule has 25 heavy (non-hydrogen) atoms. The molecule has 1 aromatic rings. The highest BCUT2D eigenvalue weighted by Gasteiger charge is 2.28. The molecule has 1 aliphatic rings. The van der Waals surface area contributed by atoms with Crippen molar-refractivity contribution in [2.75, 3.05) is 7.11 Å². The van der Waals surface area contributed by atoms with Gasteiger partial charge in [0.2, 0.25) is 0 Å². The molecule has 0 unspecified atom stereocenters. The van der Waals surface area contributed by atoms with Crippen molar-refractivity contribution in [1.82, 2.24) is 0 Å². The summed E-state index contributed by atoms with van der Waals surface area (Å²) in [6, 6.07) is 3.19. The lowest BCUT2D eigenvalue weighted by Crippen LogP contribution is -2.27. The third-order valence-corrected chi connectivity index (χ3v) is 4.35. The standard InChI is InChI=1S/C18H22O7/c1-10-8-13(9-11(2)15(10)25-18(22)23-3)17(21)24-14-6-4-12(5-7-14)16(19)20/h8-9,12,14H,4-7H2,1-3H3,(H,19,20). The van der Waals surface area contributed by atoms with E-state index in [1.165, 1.54) is 7.11 Å². The monoisotopic (exact) mass is 350 g/mol. The molecule has 1 saturated carbocycles. The zero-order valence-corrected chi connectivity index (χ0v) is 14.5. The largest absolute Gasteiger partial charge is 0.513 e. The van der Waals surface area contributed by atoms with E-state index in [1.54, 1.807) is 26.0 Å². The number of hydrogen-bond acceptors (Lipinski definition) is 6. The fourth-order valence-electron chi connectivity index (χ4n) is 3.00.